The van der Waals surface area contributed by atoms with Gasteiger partial charge < -0.3 is 4.74 Å². The number of ketones is 1. The molecule has 2 atom stereocenters. The number of unbranched alkanes of at least 4 members (excludes halogenated alkanes) is 1. The summed E-state index contributed by atoms with van der Waals surface area (Å²) in [4.78, 5) is 23.4. The molecular weight excluding hydrogens is 268 g/mol. The summed E-state index contributed by atoms with van der Waals surface area (Å²) in [7, 11) is 0.0689. The van der Waals surface area contributed by atoms with Crippen molar-refractivity contribution < 1.29 is 14.3 Å². The van der Waals surface area contributed by atoms with Crippen molar-refractivity contribution in [3.63, 3.8) is 0 Å². The molecule has 3 nitrogen and oxygen atoms in total. The molecule has 0 amide bonds. The van der Waals surface area contributed by atoms with Crippen LogP contribution >= 0.6 is 0 Å². The van der Waals surface area contributed by atoms with E-state index in [1.54, 1.807) is 0 Å². The molecule has 1 aliphatic carbocycles. The van der Waals surface area contributed by atoms with Gasteiger partial charge in [-0.05, 0) is 24.7 Å². The molecule has 0 aromatic carbocycles. The summed E-state index contributed by atoms with van der Waals surface area (Å²) in [5, 5.41) is 0. The number of hydrogen-bond donors (Lipinski definition) is 0. The van der Waals surface area contributed by atoms with Gasteiger partial charge in [-0.25, -0.2) is 0 Å². The molecule has 1 saturated carbocycles. The molecule has 1 unspecified atom stereocenters. The lowest BCUT2D eigenvalue weighted by Crippen LogP contribution is -2.20. The number of Topliss-reactive ketones (excluding diaryl/α,β-unsaturated/α-hetero) is 1. The minimum Gasteiger partial charge on any atom is -0.468 e. The molecule has 112 valence electrons. The molecule has 1 aliphatic rings. The Labute approximate surface area is 123 Å². The molecule has 0 radical (unpaired) electrons. The predicted octanol–water partition coefficient (Wildman–Crippen LogP) is 3.20. The molecule has 0 bridgehead atoms. The molecule has 0 heterocycles. The summed E-state index contributed by atoms with van der Waals surface area (Å²) in [6.45, 7) is 8.80. The van der Waals surface area contributed by atoms with Crippen molar-refractivity contribution in [2.75, 3.05) is 7.11 Å². The molecule has 0 spiro atoms. The first-order valence-corrected chi connectivity index (χ1v) is 10.8. The van der Waals surface area contributed by atoms with E-state index < -0.39 is 14.0 Å². The fraction of sp³-hybridized carbons (Fsp3) is 0.750. The van der Waals surface area contributed by atoms with Crippen LogP contribution in [0.5, 0.6) is 0 Å². The quantitative estimate of drug-likeness (QED) is 0.263. The van der Waals surface area contributed by atoms with E-state index in [1.165, 1.54) is 7.11 Å². The lowest BCUT2D eigenvalue weighted by atomic mass is 9.82. The molecule has 0 saturated heterocycles. The Morgan fingerprint density at radius 2 is 2.10 bits per heavy atom. The Bertz CT molecular complexity index is 439. The van der Waals surface area contributed by atoms with Crippen molar-refractivity contribution in [3.8, 4) is 11.5 Å². The fourth-order valence-electron chi connectivity index (χ4n) is 2.70. The first-order valence-electron chi connectivity index (χ1n) is 7.27. The van der Waals surface area contributed by atoms with Crippen LogP contribution in [0.3, 0.4) is 0 Å². The van der Waals surface area contributed by atoms with E-state index in [4.69, 9.17) is 4.74 Å². The van der Waals surface area contributed by atoms with Gasteiger partial charge in [0.2, 0.25) is 0 Å². The third-order valence-corrected chi connectivity index (χ3v) is 4.64. The van der Waals surface area contributed by atoms with Crippen LogP contribution in [-0.4, -0.2) is 26.9 Å². The van der Waals surface area contributed by atoms with Gasteiger partial charge in [0.25, 0.3) is 0 Å². The van der Waals surface area contributed by atoms with Crippen LogP contribution in [0.25, 0.3) is 0 Å². The molecule has 0 aromatic rings. The Kier molecular flexibility index (Phi) is 5.58. The summed E-state index contributed by atoms with van der Waals surface area (Å²) in [6.07, 6.45) is 3.95. The monoisotopic (exact) mass is 294 g/mol. The van der Waals surface area contributed by atoms with E-state index >= 15 is 0 Å². The average molecular weight is 294 g/mol. The maximum atomic E-state index is 11.9. The highest BCUT2D eigenvalue weighted by Crippen LogP contribution is 2.43. The van der Waals surface area contributed by atoms with E-state index in [1.807, 2.05) is 0 Å². The molecular formula is C16H26O3Si. The average Bonchev–Trinajstić information content (AvgIpc) is 2.62. The predicted molar refractivity (Wildman–Crippen MR) is 82.8 cm³/mol. The van der Waals surface area contributed by atoms with E-state index in [0.29, 0.717) is 12.8 Å². The molecule has 0 aliphatic heterocycles. The minimum absolute atomic E-state index is 0.0348. The largest absolute Gasteiger partial charge is 0.468 e. The molecule has 0 aromatic heterocycles. The van der Waals surface area contributed by atoms with Crippen molar-refractivity contribution in [3.05, 3.63) is 0 Å². The van der Waals surface area contributed by atoms with Crippen LogP contribution in [0.1, 0.15) is 39.0 Å². The second-order valence-electron chi connectivity index (χ2n) is 7.14. The molecule has 4 heteroatoms. The second-order valence-corrected chi connectivity index (χ2v) is 11.9. The van der Waals surface area contributed by atoms with Crippen molar-refractivity contribution in [1.82, 2.24) is 0 Å². The number of hydrogen-bond acceptors (Lipinski definition) is 3. The number of ether oxygens (including phenoxy) is 1. The van der Waals surface area contributed by atoms with Gasteiger partial charge in [0.05, 0.1) is 7.11 Å². The zero-order chi connectivity index (χ0) is 15.4. The van der Waals surface area contributed by atoms with Crippen molar-refractivity contribution >= 4 is 19.8 Å². The van der Waals surface area contributed by atoms with Gasteiger partial charge in [-0.1, -0.05) is 26.6 Å². The van der Waals surface area contributed by atoms with E-state index in [0.717, 1.165) is 19.3 Å². The van der Waals surface area contributed by atoms with Gasteiger partial charge in [-0.3, -0.25) is 9.59 Å². The highest BCUT2D eigenvalue weighted by atomic mass is 28.3. The highest BCUT2D eigenvalue weighted by Gasteiger charge is 2.44. The molecule has 1 rings (SSSR count). The number of carbonyl (C=O) groups is 2. The third kappa shape index (κ3) is 5.13. The van der Waals surface area contributed by atoms with Gasteiger partial charge >= 0.3 is 5.97 Å². The summed E-state index contributed by atoms with van der Waals surface area (Å²) >= 11 is 0. The summed E-state index contributed by atoms with van der Waals surface area (Å²) in [5.41, 5.74) is 3.29. The second kappa shape index (κ2) is 6.58. The third-order valence-electron chi connectivity index (χ3n) is 3.72. The first-order chi connectivity index (χ1) is 9.17. The van der Waals surface area contributed by atoms with Crippen LogP contribution in [0.2, 0.25) is 19.6 Å². The molecule has 20 heavy (non-hydrogen) atoms. The van der Waals surface area contributed by atoms with Crippen molar-refractivity contribution in [2.24, 2.45) is 11.3 Å². The topological polar surface area (TPSA) is 43.4 Å². The molecule has 1 fully saturated rings. The van der Waals surface area contributed by atoms with Crippen LogP contribution in [0, 0.1) is 22.8 Å². The maximum Gasteiger partial charge on any atom is 0.316 e. The first kappa shape index (κ1) is 17.0. The van der Waals surface area contributed by atoms with Crippen LogP contribution in [0.4, 0.5) is 0 Å². The van der Waals surface area contributed by atoms with Crippen LogP contribution in [0.15, 0.2) is 0 Å². The normalized spacial score (nSPS) is 26.1. The van der Waals surface area contributed by atoms with Gasteiger partial charge in [0, 0.05) is 12.8 Å². The lowest BCUT2D eigenvalue weighted by molar-refractivity contribution is -0.148. The van der Waals surface area contributed by atoms with Gasteiger partial charge in [-0.15, -0.1) is 11.5 Å². The standard InChI is InChI=1S/C16H26O3Si/c1-16(9-7-6-8-10-20(3,4)5)11-13(14(17)12-16)15(18)19-2/h13H,6-7,9,11-12H2,1-5H3/t13?,16-/m0/s1. The summed E-state index contributed by atoms with van der Waals surface area (Å²) < 4.78 is 4.70. The Balaban J connectivity index is 2.46. The minimum atomic E-state index is -1.28. The van der Waals surface area contributed by atoms with Crippen LogP contribution < -0.4 is 0 Å². The summed E-state index contributed by atoms with van der Waals surface area (Å²) in [5.74, 6) is 2.37. The van der Waals surface area contributed by atoms with E-state index in [9.17, 15) is 9.59 Å². The Hall–Kier alpha value is -1.08. The number of carbonyl (C=O) groups excluding carboxylic acids is 2. The van der Waals surface area contributed by atoms with Crippen molar-refractivity contribution in [1.29, 1.82) is 0 Å². The maximum absolute atomic E-state index is 11.9. The Morgan fingerprint density at radius 1 is 1.45 bits per heavy atom. The number of esters is 1. The zero-order valence-corrected chi connectivity index (χ0v) is 14.3. The SMILES string of the molecule is COC(=O)C1C[C@](C)(CCCC#C[Si](C)(C)C)CC1=O. The summed E-state index contributed by atoms with van der Waals surface area (Å²) in [6, 6.07) is 0. The number of rotatable bonds is 4. The van der Waals surface area contributed by atoms with Gasteiger partial charge in [0.1, 0.15) is 19.8 Å². The van der Waals surface area contributed by atoms with E-state index in [-0.39, 0.29) is 17.2 Å². The van der Waals surface area contributed by atoms with Crippen molar-refractivity contribution in [2.45, 2.75) is 58.7 Å². The zero-order valence-electron chi connectivity index (χ0n) is 13.3. The van der Waals surface area contributed by atoms with Gasteiger partial charge in [0.15, 0.2) is 0 Å². The van der Waals surface area contributed by atoms with Gasteiger partial charge in [-0.2, -0.15) is 0 Å². The highest BCUT2D eigenvalue weighted by molar-refractivity contribution is 6.83. The van der Waals surface area contributed by atoms with Crippen LogP contribution in [-0.2, 0) is 14.3 Å². The fourth-order valence-corrected chi connectivity index (χ4v) is 3.36. The smallest absolute Gasteiger partial charge is 0.316 e. The number of methoxy groups -OCH3 is 1. The van der Waals surface area contributed by atoms with E-state index in [2.05, 4.69) is 38.0 Å². The molecule has 0 N–H and O–H groups in total. The Morgan fingerprint density at radius 3 is 2.65 bits per heavy atom. The lowest BCUT2D eigenvalue weighted by Gasteiger charge is -2.22.